The molecular formula is C28H31ClFN3O4S. The van der Waals surface area contributed by atoms with Crippen molar-refractivity contribution in [3.8, 4) is 0 Å². The topological polar surface area (TPSA) is 86.8 Å². The van der Waals surface area contributed by atoms with Crippen LogP contribution in [0.4, 0.5) is 10.1 Å². The van der Waals surface area contributed by atoms with Gasteiger partial charge in [0.15, 0.2) is 0 Å². The van der Waals surface area contributed by atoms with Crippen LogP contribution in [-0.2, 0) is 26.2 Å². The first kappa shape index (κ1) is 29.1. The van der Waals surface area contributed by atoms with Crippen LogP contribution in [-0.4, -0.2) is 43.8 Å². The van der Waals surface area contributed by atoms with Crippen LogP contribution in [0.5, 0.6) is 0 Å². The third-order valence-electron chi connectivity index (χ3n) is 6.20. The second-order valence-electron chi connectivity index (χ2n) is 8.88. The van der Waals surface area contributed by atoms with Gasteiger partial charge in [-0.1, -0.05) is 67.1 Å². The molecule has 2 atom stereocenters. The van der Waals surface area contributed by atoms with E-state index in [2.05, 4.69) is 5.32 Å². The molecule has 3 aromatic rings. The van der Waals surface area contributed by atoms with Gasteiger partial charge in [0.25, 0.3) is 10.0 Å². The Labute approximate surface area is 228 Å². The van der Waals surface area contributed by atoms with Gasteiger partial charge in [-0.15, -0.1) is 0 Å². The Morgan fingerprint density at radius 2 is 1.55 bits per heavy atom. The minimum atomic E-state index is -4.23. The summed E-state index contributed by atoms with van der Waals surface area (Å²) in [7, 11) is -4.23. The van der Waals surface area contributed by atoms with Crippen LogP contribution >= 0.6 is 11.6 Å². The molecule has 38 heavy (non-hydrogen) atoms. The molecule has 1 N–H and O–H groups in total. The summed E-state index contributed by atoms with van der Waals surface area (Å²) in [4.78, 5) is 28.0. The number of carbonyl (C=O) groups is 2. The molecule has 3 rings (SSSR count). The fourth-order valence-electron chi connectivity index (χ4n) is 3.75. The van der Waals surface area contributed by atoms with Gasteiger partial charge < -0.3 is 10.2 Å². The van der Waals surface area contributed by atoms with E-state index in [1.807, 2.05) is 13.8 Å². The molecule has 0 spiro atoms. The summed E-state index contributed by atoms with van der Waals surface area (Å²) >= 11 is 6.37. The van der Waals surface area contributed by atoms with Gasteiger partial charge >= 0.3 is 0 Å². The number of amides is 2. The summed E-state index contributed by atoms with van der Waals surface area (Å²) in [5, 5.41) is 2.96. The number of para-hydroxylation sites is 1. The first-order valence-electron chi connectivity index (χ1n) is 12.2. The molecule has 0 radical (unpaired) electrons. The predicted octanol–water partition coefficient (Wildman–Crippen LogP) is 5.01. The van der Waals surface area contributed by atoms with E-state index in [9.17, 15) is 22.4 Å². The molecule has 0 aliphatic rings. The smallest absolute Gasteiger partial charge is 0.264 e. The molecule has 0 bridgehead atoms. The number of halogens is 2. The van der Waals surface area contributed by atoms with Crippen molar-refractivity contribution in [3.63, 3.8) is 0 Å². The molecule has 202 valence electrons. The maximum Gasteiger partial charge on any atom is 0.264 e. The third kappa shape index (κ3) is 6.90. The van der Waals surface area contributed by atoms with Gasteiger partial charge in [0.2, 0.25) is 11.8 Å². The standard InChI is InChI=1S/C28H31ClFN3O4S/c1-4-20(2)31-28(35)21(3)32(18-22-12-8-10-16-25(22)30)27(34)19-33(26-17-11-9-15-24(26)29)38(36,37)23-13-6-5-7-14-23/h5-17,20-21H,4,18-19H2,1-3H3,(H,31,35)/t20-,21-/m0/s1. The Bertz CT molecular complexity index is 1370. The summed E-state index contributed by atoms with van der Waals surface area (Å²) < 4.78 is 42.9. The number of hydrogen-bond acceptors (Lipinski definition) is 4. The second-order valence-corrected chi connectivity index (χ2v) is 11.2. The number of benzene rings is 3. The molecule has 0 aliphatic heterocycles. The maximum absolute atomic E-state index is 14.6. The van der Waals surface area contributed by atoms with Gasteiger partial charge in [-0.05, 0) is 50.6 Å². The highest BCUT2D eigenvalue weighted by molar-refractivity contribution is 7.92. The van der Waals surface area contributed by atoms with Crippen LogP contribution in [0.15, 0.2) is 83.8 Å². The Morgan fingerprint density at radius 1 is 0.947 bits per heavy atom. The monoisotopic (exact) mass is 559 g/mol. The lowest BCUT2D eigenvalue weighted by Crippen LogP contribution is -2.52. The molecule has 0 unspecified atom stereocenters. The van der Waals surface area contributed by atoms with Crippen LogP contribution in [0, 0.1) is 5.82 Å². The Hall–Kier alpha value is -3.43. The van der Waals surface area contributed by atoms with Gasteiger partial charge in [-0.25, -0.2) is 12.8 Å². The minimum Gasteiger partial charge on any atom is -0.352 e. The second kappa shape index (κ2) is 12.9. The fraction of sp³-hybridized carbons (Fsp3) is 0.286. The van der Waals surface area contributed by atoms with E-state index in [-0.39, 0.29) is 33.8 Å². The van der Waals surface area contributed by atoms with Crippen molar-refractivity contribution in [1.29, 1.82) is 0 Å². The van der Waals surface area contributed by atoms with Crippen LogP contribution in [0.2, 0.25) is 5.02 Å². The molecule has 0 heterocycles. The summed E-state index contributed by atoms with van der Waals surface area (Å²) in [5.74, 6) is -1.67. The summed E-state index contributed by atoms with van der Waals surface area (Å²) in [6.07, 6.45) is 0.676. The molecule has 0 saturated heterocycles. The summed E-state index contributed by atoms with van der Waals surface area (Å²) in [6, 6.07) is 18.7. The average molecular weight is 560 g/mol. The van der Waals surface area contributed by atoms with Crippen LogP contribution in [0.25, 0.3) is 0 Å². The van der Waals surface area contributed by atoms with Crippen LogP contribution < -0.4 is 9.62 Å². The highest BCUT2D eigenvalue weighted by Gasteiger charge is 2.33. The fourth-order valence-corrected chi connectivity index (χ4v) is 5.49. The minimum absolute atomic E-state index is 0.0315. The largest absolute Gasteiger partial charge is 0.352 e. The number of rotatable bonds is 11. The van der Waals surface area contributed by atoms with Crippen LogP contribution in [0.1, 0.15) is 32.8 Å². The maximum atomic E-state index is 14.6. The highest BCUT2D eigenvalue weighted by Crippen LogP contribution is 2.30. The van der Waals surface area contributed by atoms with E-state index in [4.69, 9.17) is 11.6 Å². The van der Waals surface area contributed by atoms with E-state index < -0.39 is 40.2 Å². The van der Waals surface area contributed by atoms with Crippen molar-refractivity contribution >= 4 is 39.1 Å². The zero-order valence-corrected chi connectivity index (χ0v) is 23.0. The van der Waals surface area contributed by atoms with E-state index in [1.54, 1.807) is 36.4 Å². The lowest BCUT2D eigenvalue weighted by molar-refractivity contribution is -0.139. The summed E-state index contributed by atoms with van der Waals surface area (Å²) in [5.41, 5.74) is 0.299. The normalized spacial score (nSPS) is 12.9. The zero-order valence-electron chi connectivity index (χ0n) is 21.5. The molecule has 0 aliphatic carbocycles. The third-order valence-corrected chi connectivity index (χ3v) is 8.29. The molecule has 0 saturated carbocycles. The molecule has 0 aromatic heterocycles. The Kier molecular flexibility index (Phi) is 9.88. The van der Waals surface area contributed by atoms with Crippen molar-refractivity contribution in [2.24, 2.45) is 0 Å². The molecule has 3 aromatic carbocycles. The number of carbonyl (C=O) groups excluding carboxylic acids is 2. The highest BCUT2D eigenvalue weighted by atomic mass is 35.5. The van der Waals surface area contributed by atoms with Crippen molar-refractivity contribution in [2.75, 3.05) is 10.8 Å². The molecule has 2 amide bonds. The Balaban J connectivity index is 2.04. The first-order valence-corrected chi connectivity index (χ1v) is 14.0. The number of hydrogen-bond donors (Lipinski definition) is 1. The average Bonchev–Trinajstić information content (AvgIpc) is 2.91. The molecule has 10 heteroatoms. The van der Waals surface area contributed by atoms with Gasteiger partial charge in [0.05, 0.1) is 15.6 Å². The molecule has 7 nitrogen and oxygen atoms in total. The number of nitrogens with one attached hydrogen (secondary N) is 1. The lowest BCUT2D eigenvalue weighted by atomic mass is 10.1. The number of anilines is 1. The van der Waals surface area contributed by atoms with Gasteiger partial charge in [0.1, 0.15) is 18.4 Å². The van der Waals surface area contributed by atoms with Crippen molar-refractivity contribution < 1.29 is 22.4 Å². The molecular weight excluding hydrogens is 529 g/mol. The van der Waals surface area contributed by atoms with Crippen molar-refractivity contribution in [3.05, 3.63) is 95.3 Å². The quantitative estimate of drug-likeness (QED) is 0.358. The molecule has 0 fully saturated rings. The van der Waals surface area contributed by atoms with Crippen molar-refractivity contribution in [1.82, 2.24) is 10.2 Å². The number of nitrogens with zero attached hydrogens (tertiary/aromatic N) is 2. The van der Waals surface area contributed by atoms with E-state index in [0.717, 1.165) is 4.31 Å². The van der Waals surface area contributed by atoms with E-state index >= 15 is 0 Å². The van der Waals surface area contributed by atoms with Gasteiger partial charge in [0, 0.05) is 18.2 Å². The van der Waals surface area contributed by atoms with Gasteiger partial charge in [-0.3, -0.25) is 13.9 Å². The SMILES string of the molecule is CC[C@H](C)NC(=O)[C@H](C)N(Cc1ccccc1F)C(=O)CN(c1ccccc1Cl)S(=O)(=O)c1ccccc1. The van der Waals surface area contributed by atoms with E-state index in [0.29, 0.717) is 6.42 Å². The zero-order chi connectivity index (χ0) is 27.9. The predicted molar refractivity (Wildman–Crippen MR) is 147 cm³/mol. The number of sulfonamides is 1. The lowest BCUT2D eigenvalue weighted by Gasteiger charge is -2.32. The van der Waals surface area contributed by atoms with E-state index in [1.165, 1.54) is 54.3 Å². The van der Waals surface area contributed by atoms with Crippen molar-refractivity contribution in [2.45, 2.75) is 50.7 Å². The first-order chi connectivity index (χ1) is 18.1. The van der Waals surface area contributed by atoms with Gasteiger partial charge in [-0.2, -0.15) is 0 Å². The Morgan fingerprint density at radius 3 is 2.18 bits per heavy atom. The summed E-state index contributed by atoms with van der Waals surface area (Å²) in [6.45, 7) is 4.38. The van der Waals surface area contributed by atoms with Crippen LogP contribution in [0.3, 0.4) is 0 Å².